The Hall–Kier alpha value is -1.02. The van der Waals surface area contributed by atoms with Gasteiger partial charge in [0.15, 0.2) is 0 Å². The summed E-state index contributed by atoms with van der Waals surface area (Å²) < 4.78 is 6.22. The zero-order valence-corrected chi connectivity index (χ0v) is 15.5. The first-order chi connectivity index (χ1) is 10.5. The number of ether oxygens (including phenoxy) is 1. The van der Waals surface area contributed by atoms with Gasteiger partial charge >= 0.3 is 0 Å². The van der Waals surface area contributed by atoms with E-state index in [2.05, 4.69) is 64.6 Å². The molecule has 2 heteroatoms. The molecule has 1 aromatic rings. The van der Waals surface area contributed by atoms with Crippen LogP contribution in [0, 0.1) is 0 Å². The Morgan fingerprint density at radius 1 is 0.909 bits per heavy atom. The smallest absolute Gasteiger partial charge is 0.126 e. The van der Waals surface area contributed by atoms with E-state index in [0.29, 0.717) is 11.8 Å². The van der Waals surface area contributed by atoms with Crippen LogP contribution in [0.3, 0.4) is 0 Å². The van der Waals surface area contributed by atoms with E-state index in [4.69, 9.17) is 4.74 Å². The fourth-order valence-electron chi connectivity index (χ4n) is 2.80. The summed E-state index contributed by atoms with van der Waals surface area (Å²) >= 11 is 0. The van der Waals surface area contributed by atoms with Gasteiger partial charge in [-0.2, -0.15) is 0 Å². The number of hydrogen-bond acceptors (Lipinski definition) is 2. The standard InChI is InChI=1S/C20H35NO/c1-7-21(8-2)14-9-10-15-22-20-18(16(3)4)12-11-13-19(20)17(5)6/h11-13,16-17H,7-10,14-15H2,1-6H3. The highest BCUT2D eigenvalue weighted by Crippen LogP contribution is 2.34. The van der Waals surface area contributed by atoms with Gasteiger partial charge in [-0.25, -0.2) is 0 Å². The largest absolute Gasteiger partial charge is 0.493 e. The third-order valence-corrected chi connectivity index (χ3v) is 4.33. The van der Waals surface area contributed by atoms with E-state index in [1.165, 1.54) is 24.1 Å². The molecule has 0 aromatic heterocycles. The summed E-state index contributed by atoms with van der Waals surface area (Å²) in [6, 6.07) is 6.58. The zero-order chi connectivity index (χ0) is 16.5. The molecule has 0 saturated carbocycles. The number of nitrogens with zero attached hydrogens (tertiary/aromatic N) is 1. The van der Waals surface area contributed by atoms with Gasteiger partial charge in [0.2, 0.25) is 0 Å². The van der Waals surface area contributed by atoms with Gasteiger partial charge in [-0.15, -0.1) is 0 Å². The average Bonchev–Trinajstić information content (AvgIpc) is 2.50. The molecule has 0 amide bonds. The van der Waals surface area contributed by atoms with Crippen molar-refractivity contribution in [2.75, 3.05) is 26.2 Å². The number of rotatable bonds is 10. The summed E-state index contributed by atoms with van der Waals surface area (Å²) in [4.78, 5) is 2.47. The fourth-order valence-corrected chi connectivity index (χ4v) is 2.80. The Balaban J connectivity index is 2.61. The van der Waals surface area contributed by atoms with Crippen LogP contribution in [0.1, 0.15) is 77.3 Å². The third kappa shape index (κ3) is 5.64. The first-order valence-electron chi connectivity index (χ1n) is 8.99. The minimum absolute atomic E-state index is 0.504. The predicted octanol–water partition coefficient (Wildman–Crippen LogP) is 5.43. The van der Waals surface area contributed by atoms with Gasteiger partial charge in [0.25, 0.3) is 0 Å². The van der Waals surface area contributed by atoms with Crippen molar-refractivity contribution in [1.29, 1.82) is 0 Å². The molecule has 0 bridgehead atoms. The summed E-state index contributed by atoms with van der Waals surface area (Å²) in [5.74, 6) is 2.14. The molecule has 22 heavy (non-hydrogen) atoms. The van der Waals surface area contributed by atoms with Crippen LogP contribution in [-0.2, 0) is 0 Å². The topological polar surface area (TPSA) is 12.5 Å². The molecule has 126 valence electrons. The second-order valence-electron chi connectivity index (χ2n) is 6.66. The van der Waals surface area contributed by atoms with E-state index in [1.54, 1.807) is 0 Å². The van der Waals surface area contributed by atoms with Crippen molar-refractivity contribution in [1.82, 2.24) is 4.90 Å². The molecule has 1 rings (SSSR count). The highest BCUT2D eigenvalue weighted by Gasteiger charge is 2.14. The van der Waals surface area contributed by atoms with Gasteiger partial charge in [0.05, 0.1) is 6.61 Å². The maximum Gasteiger partial charge on any atom is 0.126 e. The molecule has 0 aliphatic rings. The van der Waals surface area contributed by atoms with Crippen LogP contribution in [0.5, 0.6) is 5.75 Å². The summed E-state index contributed by atoms with van der Waals surface area (Å²) in [5, 5.41) is 0. The molecule has 0 spiro atoms. The van der Waals surface area contributed by atoms with Gasteiger partial charge < -0.3 is 9.64 Å². The molecule has 0 unspecified atom stereocenters. The number of unbranched alkanes of at least 4 members (excludes halogenated alkanes) is 1. The van der Waals surface area contributed by atoms with E-state index >= 15 is 0 Å². The molecule has 0 aliphatic carbocycles. The molecule has 0 saturated heterocycles. The lowest BCUT2D eigenvalue weighted by molar-refractivity contribution is 0.263. The second-order valence-corrected chi connectivity index (χ2v) is 6.66. The van der Waals surface area contributed by atoms with E-state index in [0.717, 1.165) is 31.9 Å². The van der Waals surface area contributed by atoms with Crippen molar-refractivity contribution < 1.29 is 4.74 Å². The van der Waals surface area contributed by atoms with Gasteiger partial charge in [-0.1, -0.05) is 59.7 Å². The summed E-state index contributed by atoms with van der Waals surface area (Å²) in [6.45, 7) is 17.7. The molecule has 0 atom stereocenters. The molecular formula is C20H35NO. The number of para-hydroxylation sites is 1. The van der Waals surface area contributed by atoms with Crippen LogP contribution in [0.15, 0.2) is 18.2 Å². The second kappa shape index (κ2) is 9.89. The van der Waals surface area contributed by atoms with Crippen LogP contribution in [0.4, 0.5) is 0 Å². The third-order valence-electron chi connectivity index (χ3n) is 4.33. The minimum atomic E-state index is 0.504. The molecule has 0 heterocycles. The Morgan fingerprint density at radius 2 is 1.45 bits per heavy atom. The van der Waals surface area contributed by atoms with Crippen molar-refractivity contribution in [3.05, 3.63) is 29.3 Å². The van der Waals surface area contributed by atoms with E-state index in [1.807, 2.05) is 0 Å². The van der Waals surface area contributed by atoms with Crippen molar-refractivity contribution in [2.24, 2.45) is 0 Å². The van der Waals surface area contributed by atoms with Gasteiger partial charge in [-0.05, 0) is 55.4 Å². The quantitative estimate of drug-likeness (QED) is 0.534. The number of hydrogen-bond donors (Lipinski definition) is 0. The fraction of sp³-hybridized carbons (Fsp3) is 0.700. The summed E-state index contributed by atoms with van der Waals surface area (Å²) in [5.41, 5.74) is 2.69. The molecular weight excluding hydrogens is 270 g/mol. The van der Waals surface area contributed by atoms with Crippen molar-refractivity contribution in [3.63, 3.8) is 0 Å². The lowest BCUT2D eigenvalue weighted by atomic mass is 9.94. The molecule has 1 aromatic carbocycles. The van der Waals surface area contributed by atoms with Crippen molar-refractivity contribution in [2.45, 2.75) is 66.2 Å². The average molecular weight is 306 g/mol. The molecule has 0 fully saturated rings. The lowest BCUT2D eigenvalue weighted by Crippen LogP contribution is -2.24. The van der Waals surface area contributed by atoms with Crippen LogP contribution in [0.25, 0.3) is 0 Å². The van der Waals surface area contributed by atoms with Crippen LogP contribution >= 0.6 is 0 Å². The normalized spacial score (nSPS) is 11.7. The highest BCUT2D eigenvalue weighted by molar-refractivity contribution is 5.44. The maximum atomic E-state index is 6.22. The number of benzene rings is 1. The zero-order valence-electron chi connectivity index (χ0n) is 15.5. The van der Waals surface area contributed by atoms with Gasteiger partial charge in [0.1, 0.15) is 5.75 Å². The van der Waals surface area contributed by atoms with Crippen molar-refractivity contribution >= 4 is 0 Å². The van der Waals surface area contributed by atoms with E-state index < -0.39 is 0 Å². The highest BCUT2D eigenvalue weighted by atomic mass is 16.5. The minimum Gasteiger partial charge on any atom is -0.493 e. The molecule has 2 nitrogen and oxygen atoms in total. The Morgan fingerprint density at radius 3 is 1.91 bits per heavy atom. The molecule has 0 aliphatic heterocycles. The monoisotopic (exact) mass is 305 g/mol. The maximum absolute atomic E-state index is 6.22. The molecule has 0 radical (unpaired) electrons. The predicted molar refractivity (Wildman–Crippen MR) is 97.1 cm³/mol. The first-order valence-corrected chi connectivity index (χ1v) is 8.99. The Kier molecular flexibility index (Phi) is 8.55. The van der Waals surface area contributed by atoms with Crippen LogP contribution < -0.4 is 4.74 Å². The summed E-state index contributed by atoms with van der Waals surface area (Å²) in [7, 11) is 0. The van der Waals surface area contributed by atoms with E-state index in [9.17, 15) is 0 Å². The van der Waals surface area contributed by atoms with Crippen molar-refractivity contribution in [3.8, 4) is 5.75 Å². The van der Waals surface area contributed by atoms with Gasteiger partial charge in [-0.3, -0.25) is 0 Å². The van der Waals surface area contributed by atoms with Crippen LogP contribution in [-0.4, -0.2) is 31.1 Å². The van der Waals surface area contributed by atoms with Gasteiger partial charge in [0, 0.05) is 0 Å². The first kappa shape index (κ1) is 19.0. The van der Waals surface area contributed by atoms with E-state index in [-0.39, 0.29) is 0 Å². The Bertz CT molecular complexity index is 395. The summed E-state index contributed by atoms with van der Waals surface area (Å²) in [6.07, 6.45) is 2.34. The molecule has 0 N–H and O–H groups in total. The lowest BCUT2D eigenvalue weighted by Gasteiger charge is -2.21. The Labute approximate surface area is 137 Å². The SMILES string of the molecule is CCN(CC)CCCCOc1c(C(C)C)cccc1C(C)C. The van der Waals surface area contributed by atoms with Crippen LogP contribution in [0.2, 0.25) is 0 Å².